The van der Waals surface area contributed by atoms with Crippen molar-refractivity contribution in [2.24, 2.45) is 0 Å². The number of carbonyl (C=O) groups excluding carboxylic acids is 1. The van der Waals surface area contributed by atoms with Crippen molar-refractivity contribution in [3.8, 4) is 5.75 Å². The molecule has 0 spiro atoms. The van der Waals surface area contributed by atoms with Gasteiger partial charge in [-0.05, 0) is 49.2 Å². The fourth-order valence-electron chi connectivity index (χ4n) is 2.01. The third-order valence-electron chi connectivity index (χ3n) is 3.17. The molecule has 0 aliphatic rings. The first-order valence-electron chi connectivity index (χ1n) is 6.89. The average Bonchev–Trinajstić information content (AvgIpc) is 2.48. The molecule has 2 aromatic carbocycles. The third-order valence-corrected chi connectivity index (χ3v) is 3.72. The standard InChI is InChI=1S/C17H17Cl2NO2/c1-11-6-7-15(19)16(8-11)22-10-17(21)20-12(2)13-4-3-5-14(18)9-13/h3-9,12H,10H2,1-2H3,(H,20,21)/t12-/m0/s1. The van der Waals surface area contributed by atoms with Crippen LogP contribution in [-0.4, -0.2) is 12.5 Å². The van der Waals surface area contributed by atoms with Gasteiger partial charge in [0.15, 0.2) is 6.61 Å². The van der Waals surface area contributed by atoms with Crippen LogP contribution in [0, 0.1) is 6.92 Å². The Morgan fingerprint density at radius 1 is 1.23 bits per heavy atom. The zero-order chi connectivity index (χ0) is 16.1. The molecule has 1 N–H and O–H groups in total. The summed E-state index contributed by atoms with van der Waals surface area (Å²) in [4.78, 5) is 12.0. The molecule has 3 nitrogen and oxygen atoms in total. The highest BCUT2D eigenvalue weighted by atomic mass is 35.5. The van der Waals surface area contributed by atoms with E-state index in [0.717, 1.165) is 11.1 Å². The summed E-state index contributed by atoms with van der Waals surface area (Å²) in [6.07, 6.45) is 0. The minimum atomic E-state index is -0.218. The number of carbonyl (C=O) groups is 1. The number of ether oxygens (including phenoxy) is 1. The SMILES string of the molecule is Cc1ccc(Cl)c(OCC(=O)N[C@@H](C)c2cccc(Cl)c2)c1. The van der Waals surface area contributed by atoms with Crippen molar-refractivity contribution in [3.63, 3.8) is 0 Å². The van der Waals surface area contributed by atoms with E-state index in [4.69, 9.17) is 27.9 Å². The Balaban J connectivity index is 1.91. The lowest BCUT2D eigenvalue weighted by molar-refractivity contribution is -0.123. The minimum Gasteiger partial charge on any atom is -0.482 e. The van der Waals surface area contributed by atoms with Crippen molar-refractivity contribution in [2.45, 2.75) is 19.9 Å². The van der Waals surface area contributed by atoms with Crippen LogP contribution < -0.4 is 10.1 Å². The lowest BCUT2D eigenvalue weighted by Gasteiger charge is -2.15. The van der Waals surface area contributed by atoms with E-state index in [1.54, 1.807) is 18.2 Å². The topological polar surface area (TPSA) is 38.3 Å². The van der Waals surface area contributed by atoms with E-state index < -0.39 is 0 Å². The second kappa shape index (κ2) is 7.52. The summed E-state index contributed by atoms with van der Waals surface area (Å²) in [5, 5.41) is 3.99. The number of benzene rings is 2. The molecule has 0 heterocycles. The zero-order valence-electron chi connectivity index (χ0n) is 12.4. The van der Waals surface area contributed by atoms with Crippen LogP contribution >= 0.6 is 23.2 Å². The largest absolute Gasteiger partial charge is 0.482 e. The van der Waals surface area contributed by atoms with Crippen LogP contribution in [0.25, 0.3) is 0 Å². The summed E-state index contributed by atoms with van der Waals surface area (Å²) in [5.74, 6) is 0.289. The number of rotatable bonds is 5. The van der Waals surface area contributed by atoms with Gasteiger partial charge in [-0.3, -0.25) is 4.79 Å². The van der Waals surface area contributed by atoms with Crippen molar-refractivity contribution in [1.82, 2.24) is 5.32 Å². The quantitative estimate of drug-likeness (QED) is 0.868. The summed E-state index contributed by atoms with van der Waals surface area (Å²) in [5.41, 5.74) is 1.96. The van der Waals surface area contributed by atoms with Crippen LogP contribution in [0.3, 0.4) is 0 Å². The van der Waals surface area contributed by atoms with Crippen molar-refractivity contribution >= 4 is 29.1 Å². The molecule has 0 fully saturated rings. The number of halogens is 2. The van der Waals surface area contributed by atoms with E-state index in [-0.39, 0.29) is 18.6 Å². The molecule has 0 radical (unpaired) electrons. The number of hydrogen-bond acceptors (Lipinski definition) is 2. The fourth-order valence-corrected chi connectivity index (χ4v) is 2.38. The van der Waals surface area contributed by atoms with Gasteiger partial charge in [-0.15, -0.1) is 0 Å². The molecule has 0 aromatic heterocycles. The maximum absolute atomic E-state index is 12.0. The maximum Gasteiger partial charge on any atom is 0.258 e. The Morgan fingerprint density at radius 2 is 2.00 bits per heavy atom. The van der Waals surface area contributed by atoms with Crippen molar-refractivity contribution < 1.29 is 9.53 Å². The number of hydrogen-bond donors (Lipinski definition) is 1. The van der Waals surface area contributed by atoms with E-state index in [1.807, 2.05) is 38.1 Å². The molecule has 0 aliphatic carbocycles. The summed E-state index contributed by atoms with van der Waals surface area (Å²) >= 11 is 12.0. The maximum atomic E-state index is 12.0. The second-order valence-corrected chi connectivity index (χ2v) is 5.91. The van der Waals surface area contributed by atoms with Crippen LogP contribution in [-0.2, 0) is 4.79 Å². The molecule has 1 amide bonds. The normalized spacial score (nSPS) is 11.8. The molecule has 5 heteroatoms. The molecule has 0 unspecified atom stereocenters. The monoisotopic (exact) mass is 337 g/mol. The summed E-state index contributed by atoms with van der Waals surface area (Å²) in [6.45, 7) is 3.74. The van der Waals surface area contributed by atoms with Gasteiger partial charge in [-0.2, -0.15) is 0 Å². The number of aryl methyl sites for hydroxylation is 1. The summed E-state index contributed by atoms with van der Waals surface area (Å²) < 4.78 is 5.47. The first-order chi connectivity index (χ1) is 10.5. The number of amides is 1. The Bertz CT molecular complexity index is 673. The molecule has 2 aromatic rings. The van der Waals surface area contributed by atoms with Gasteiger partial charge in [-0.25, -0.2) is 0 Å². The van der Waals surface area contributed by atoms with Gasteiger partial charge in [0.05, 0.1) is 11.1 Å². The lowest BCUT2D eigenvalue weighted by Crippen LogP contribution is -2.31. The van der Waals surface area contributed by atoms with Gasteiger partial charge in [0.1, 0.15) is 5.75 Å². The molecule has 0 saturated carbocycles. The average molecular weight is 338 g/mol. The van der Waals surface area contributed by atoms with Gasteiger partial charge < -0.3 is 10.1 Å². The molecule has 22 heavy (non-hydrogen) atoms. The van der Waals surface area contributed by atoms with Gasteiger partial charge in [0.25, 0.3) is 5.91 Å². The van der Waals surface area contributed by atoms with Crippen molar-refractivity contribution in [1.29, 1.82) is 0 Å². The van der Waals surface area contributed by atoms with Crippen LogP contribution in [0.5, 0.6) is 5.75 Å². The third kappa shape index (κ3) is 4.65. The highest BCUT2D eigenvalue weighted by Crippen LogP contribution is 2.25. The molecule has 116 valence electrons. The first kappa shape index (κ1) is 16.7. The van der Waals surface area contributed by atoms with Gasteiger partial charge in [0.2, 0.25) is 0 Å². The molecule has 0 bridgehead atoms. The van der Waals surface area contributed by atoms with Gasteiger partial charge in [-0.1, -0.05) is 41.4 Å². The zero-order valence-corrected chi connectivity index (χ0v) is 13.9. The highest BCUT2D eigenvalue weighted by molar-refractivity contribution is 6.32. The van der Waals surface area contributed by atoms with E-state index >= 15 is 0 Å². The summed E-state index contributed by atoms with van der Waals surface area (Å²) in [6, 6.07) is 12.7. The lowest BCUT2D eigenvalue weighted by atomic mass is 10.1. The van der Waals surface area contributed by atoms with E-state index in [0.29, 0.717) is 15.8 Å². The Kier molecular flexibility index (Phi) is 5.69. The first-order valence-corrected chi connectivity index (χ1v) is 7.65. The molecule has 2 rings (SSSR count). The molecular formula is C17H17Cl2NO2. The predicted octanol–water partition coefficient (Wildman–Crippen LogP) is 4.56. The second-order valence-electron chi connectivity index (χ2n) is 5.07. The van der Waals surface area contributed by atoms with E-state index in [1.165, 1.54) is 0 Å². The molecule has 1 atom stereocenters. The predicted molar refractivity (Wildman–Crippen MR) is 89.7 cm³/mol. The Hall–Kier alpha value is -1.71. The van der Waals surface area contributed by atoms with Crippen LogP contribution in [0.1, 0.15) is 24.1 Å². The van der Waals surface area contributed by atoms with Crippen LogP contribution in [0.4, 0.5) is 0 Å². The molecular weight excluding hydrogens is 321 g/mol. The molecule has 0 saturated heterocycles. The van der Waals surface area contributed by atoms with Gasteiger partial charge >= 0.3 is 0 Å². The highest BCUT2D eigenvalue weighted by Gasteiger charge is 2.11. The van der Waals surface area contributed by atoms with Crippen LogP contribution in [0.2, 0.25) is 10.0 Å². The van der Waals surface area contributed by atoms with E-state index in [9.17, 15) is 4.79 Å². The minimum absolute atomic E-state index is 0.0892. The number of nitrogens with one attached hydrogen (secondary N) is 1. The van der Waals surface area contributed by atoms with Crippen molar-refractivity contribution in [2.75, 3.05) is 6.61 Å². The van der Waals surface area contributed by atoms with Crippen molar-refractivity contribution in [3.05, 3.63) is 63.6 Å². The summed E-state index contributed by atoms with van der Waals surface area (Å²) in [7, 11) is 0. The smallest absolute Gasteiger partial charge is 0.258 e. The van der Waals surface area contributed by atoms with Gasteiger partial charge in [0, 0.05) is 5.02 Å². The van der Waals surface area contributed by atoms with Crippen LogP contribution in [0.15, 0.2) is 42.5 Å². The Labute approximate surface area is 140 Å². The molecule has 0 aliphatic heterocycles. The Morgan fingerprint density at radius 3 is 2.73 bits per heavy atom. The van der Waals surface area contributed by atoms with E-state index in [2.05, 4.69) is 5.32 Å². The fraction of sp³-hybridized carbons (Fsp3) is 0.235.